The van der Waals surface area contributed by atoms with E-state index in [1.165, 1.54) is 0 Å². The van der Waals surface area contributed by atoms with Crippen LogP contribution in [0.5, 0.6) is 0 Å². The van der Waals surface area contributed by atoms with Crippen LogP contribution in [0.2, 0.25) is 0 Å². The first-order chi connectivity index (χ1) is 16.1. The summed E-state index contributed by atoms with van der Waals surface area (Å²) in [6, 6.07) is 20.0. The first-order valence-electron chi connectivity index (χ1n) is 11.5. The summed E-state index contributed by atoms with van der Waals surface area (Å²) in [5.41, 5.74) is 4.30. The number of nitriles is 1. The van der Waals surface area contributed by atoms with E-state index in [9.17, 15) is 10.1 Å². The van der Waals surface area contributed by atoms with Crippen molar-refractivity contribution in [3.8, 4) is 17.2 Å². The summed E-state index contributed by atoms with van der Waals surface area (Å²) >= 11 is 0. The van der Waals surface area contributed by atoms with Gasteiger partial charge < -0.3 is 5.32 Å². The van der Waals surface area contributed by atoms with Crippen molar-refractivity contribution in [3.63, 3.8) is 0 Å². The fourth-order valence-corrected chi connectivity index (χ4v) is 4.16. The van der Waals surface area contributed by atoms with Crippen LogP contribution in [0.1, 0.15) is 62.4 Å². The molecule has 1 aliphatic rings. The molecular formula is C28H28N4O. The van der Waals surface area contributed by atoms with Gasteiger partial charge in [0.05, 0.1) is 11.2 Å². The third-order valence-electron chi connectivity index (χ3n) is 6.44. The maximum absolute atomic E-state index is 13.2. The van der Waals surface area contributed by atoms with E-state index in [1.54, 1.807) is 12.3 Å². The van der Waals surface area contributed by atoms with Gasteiger partial charge >= 0.3 is 0 Å². The molecule has 0 saturated heterocycles. The summed E-state index contributed by atoms with van der Waals surface area (Å²) in [5.74, 6) is 0.136. The Hall–Kier alpha value is -3.78. The highest BCUT2D eigenvalue weighted by atomic mass is 16.1. The molecule has 1 N–H and O–H groups in total. The minimum Gasteiger partial charge on any atom is -0.342 e. The molecule has 0 aliphatic heterocycles. The van der Waals surface area contributed by atoms with Crippen molar-refractivity contribution in [1.29, 1.82) is 5.26 Å². The molecule has 1 fully saturated rings. The number of benzene rings is 1. The number of carbonyl (C=O) groups excluding carboxylic acids is 1. The zero-order valence-electron chi connectivity index (χ0n) is 19.1. The predicted molar refractivity (Wildman–Crippen MR) is 130 cm³/mol. The molecule has 0 radical (unpaired) electrons. The van der Waals surface area contributed by atoms with Gasteiger partial charge in [0.1, 0.15) is 11.6 Å². The minimum atomic E-state index is -0.566. The second kappa shape index (κ2) is 9.79. The molecule has 5 nitrogen and oxygen atoms in total. The summed E-state index contributed by atoms with van der Waals surface area (Å²) in [6.07, 6.45) is 8.89. The zero-order chi connectivity index (χ0) is 23.3. The molecule has 1 aliphatic carbocycles. The minimum absolute atomic E-state index is 0.0636. The number of amides is 1. The molecule has 0 spiro atoms. The molecule has 1 aromatic carbocycles. The fourth-order valence-electron chi connectivity index (χ4n) is 4.16. The van der Waals surface area contributed by atoms with Crippen LogP contribution >= 0.6 is 0 Å². The second-order valence-electron chi connectivity index (χ2n) is 8.49. The van der Waals surface area contributed by atoms with Gasteiger partial charge in [0.25, 0.3) is 5.91 Å². The average Bonchev–Trinajstić information content (AvgIpc) is 3.72. The standard InChI is InChI=1S/C28H28N4O/c1-3-28(4-2,24-14-12-20(13-15-24)22-7-6-16-30-19-22)32-27(33)23(18-29)17-25-8-5-9-26(31-25)21-10-11-21/h5-9,12-17,19,21H,3-4,10-11H2,1-2H3,(H,32,33)/b23-17+. The highest BCUT2D eigenvalue weighted by molar-refractivity contribution is 6.02. The van der Waals surface area contributed by atoms with E-state index in [4.69, 9.17) is 0 Å². The molecule has 4 rings (SSSR count). The average molecular weight is 437 g/mol. The first-order valence-corrected chi connectivity index (χ1v) is 11.5. The van der Waals surface area contributed by atoms with Gasteiger partial charge in [0, 0.05) is 24.0 Å². The number of nitrogens with one attached hydrogen (secondary N) is 1. The highest BCUT2D eigenvalue weighted by Crippen LogP contribution is 2.39. The van der Waals surface area contributed by atoms with Gasteiger partial charge in [-0.25, -0.2) is 0 Å². The van der Waals surface area contributed by atoms with Crippen molar-refractivity contribution >= 4 is 12.0 Å². The van der Waals surface area contributed by atoms with Gasteiger partial charge in [-0.3, -0.25) is 14.8 Å². The van der Waals surface area contributed by atoms with Crippen LogP contribution in [-0.4, -0.2) is 15.9 Å². The Morgan fingerprint density at radius 1 is 1.09 bits per heavy atom. The molecule has 3 aromatic rings. The molecule has 166 valence electrons. The number of nitrogens with zero attached hydrogens (tertiary/aromatic N) is 3. The molecule has 2 heterocycles. The smallest absolute Gasteiger partial charge is 0.262 e. The molecule has 0 unspecified atom stereocenters. The summed E-state index contributed by atoms with van der Waals surface area (Å²) in [5, 5.41) is 12.9. The van der Waals surface area contributed by atoms with E-state index in [0.717, 1.165) is 35.2 Å². The zero-order valence-corrected chi connectivity index (χ0v) is 19.1. The van der Waals surface area contributed by atoms with E-state index in [-0.39, 0.29) is 11.5 Å². The van der Waals surface area contributed by atoms with Gasteiger partial charge in [0.15, 0.2) is 0 Å². The van der Waals surface area contributed by atoms with E-state index < -0.39 is 5.54 Å². The largest absolute Gasteiger partial charge is 0.342 e. The monoisotopic (exact) mass is 436 g/mol. The Bertz CT molecular complexity index is 1180. The number of carbonyl (C=O) groups is 1. The van der Waals surface area contributed by atoms with Crippen LogP contribution in [0.25, 0.3) is 17.2 Å². The number of hydrogen-bond acceptors (Lipinski definition) is 4. The number of hydrogen-bond donors (Lipinski definition) is 1. The van der Waals surface area contributed by atoms with E-state index in [0.29, 0.717) is 24.5 Å². The van der Waals surface area contributed by atoms with Crippen molar-refractivity contribution in [2.45, 2.75) is 51.0 Å². The SMILES string of the molecule is CCC(CC)(NC(=O)/C(C#N)=C/c1cccc(C2CC2)n1)c1ccc(-c2cccnc2)cc1. The van der Waals surface area contributed by atoms with Crippen LogP contribution in [-0.2, 0) is 10.3 Å². The van der Waals surface area contributed by atoms with Crippen molar-refractivity contribution in [2.75, 3.05) is 0 Å². The number of pyridine rings is 2. The summed E-state index contributed by atoms with van der Waals surface area (Å²) < 4.78 is 0. The second-order valence-corrected chi connectivity index (χ2v) is 8.49. The van der Waals surface area contributed by atoms with Crippen molar-refractivity contribution in [1.82, 2.24) is 15.3 Å². The quantitative estimate of drug-likeness (QED) is 0.360. The lowest BCUT2D eigenvalue weighted by Gasteiger charge is -2.33. The third-order valence-corrected chi connectivity index (χ3v) is 6.44. The third kappa shape index (κ3) is 5.01. The Morgan fingerprint density at radius 2 is 1.85 bits per heavy atom. The van der Waals surface area contributed by atoms with E-state index >= 15 is 0 Å². The van der Waals surface area contributed by atoms with Crippen LogP contribution in [0.15, 0.2) is 72.6 Å². The highest BCUT2D eigenvalue weighted by Gasteiger charge is 2.31. The van der Waals surface area contributed by atoms with Gasteiger partial charge in [-0.15, -0.1) is 0 Å². The Labute approximate surface area is 195 Å². The van der Waals surface area contributed by atoms with Gasteiger partial charge in [0.2, 0.25) is 0 Å². The molecule has 33 heavy (non-hydrogen) atoms. The van der Waals surface area contributed by atoms with Crippen LogP contribution < -0.4 is 5.32 Å². The van der Waals surface area contributed by atoms with Crippen LogP contribution in [0.3, 0.4) is 0 Å². The maximum Gasteiger partial charge on any atom is 0.262 e. The first kappa shape index (κ1) is 22.4. The number of aromatic nitrogens is 2. The Morgan fingerprint density at radius 3 is 2.45 bits per heavy atom. The molecule has 2 aromatic heterocycles. The van der Waals surface area contributed by atoms with Crippen molar-refractivity contribution in [3.05, 3.63) is 89.5 Å². The molecule has 5 heteroatoms. The molecular weight excluding hydrogens is 408 g/mol. The normalized spacial score (nSPS) is 13.9. The van der Waals surface area contributed by atoms with Crippen molar-refractivity contribution in [2.24, 2.45) is 0 Å². The number of rotatable bonds is 8. The Kier molecular flexibility index (Phi) is 6.65. The lowest BCUT2D eigenvalue weighted by molar-refractivity contribution is -0.119. The Balaban J connectivity index is 1.57. The molecule has 0 bridgehead atoms. The topological polar surface area (TPSA) is 78.7 Å². The lowest BCUT2D eigenvalue weighted by Crippen LogP contribution is -2.45. The van der Waals surface area contributed by atoms with Gasteiger partial charge in [-0.1, -0.05) is 50.2 Å². The molecule has 1 saturated carbocycles. The summed E-state index contributed by atoms with van der Waals surface area (Å²) in [4.78, 5) is 22.0. The molecule has 1 amide bonds. The molecule has 0 atom stereocenters. The van der Waals surface area contributed by atoms with Crippen LogP contribution in [0, 0.1) is 11.3 Å². The summed E-state index contributed by atoms with van der Waals surface area (Å²) in [6.45, 7) is 4.10. The summed E-state index contributed by atoms with van der Waals surface area (Å²) in [7, 11) is 0. The fraction of sp³-hybridized carbons (Fsp3) is 0.286. The van der Waals surface area contributed by atoms with Crippen LogP contribution in [0.4, 0.5) is 0 Å². The van der Waals surface area contributed by atoms with E-state index in [1.807, 2.05) is 60.8 Å². The predicted octanol–water partition coefficient (Wildman–Crippen LogP) is 5.76. The van der Waals surface area contributed by atoms with Gasteiger partial charge in [-0.05, 0) is 66.6 Å². The maximum atomic E-state index is 13.2. The van der Waals surface area contributed by atoms with E-state index in [2.05, 4.69) is 35.2 Å². The lowest BCUT2D eigenvalue weighted by atomic mass is 9.83. The van der Waals surface area contributed by atoms with Gasteiger partial charge in [-0.2, -0.15) is 5.26 Å². The van der Waals surface area contributed by atoms with Crippen molar-refractivity contribution < 1.29 is 4.79 Å².